The molecule has 104 valence electrons. The number of ether oxygens (including phenoxy) is 1. The molecule has 0 bridgehead atoms. The molecule has 2 rings (SSSR count). The molecule has 0 atom stereocenters. The fraction of sp³-hybridized carbons (Fsp3) is 0.462. The second kappa shape index (κ2) is 6.70. The molecule has 0 unspecified atom stereocenters. The van der Waals surface area contributed by atoms with Gasteiger partial charge in [-0.25, -0.2) is 4.98 Å². The maximum atomic E-state index is 5.75. The molecule has 0 saturated carbocycles. The zero-order valence-corrected chi connectivity index (χ0v) is 12.2. The van der Waals surface area contributed by atoms with Crippen molar-refractivity contribution in [3.63, 3.8) is 0 Å². The normalized spacial score (nSPS) is 11.3. The highest BCUT2D eigenvalue weighted by atomic mass is 32.1. The van der Waals surface area contributed by atoms with Gasteiger partial charge < -0.3 is 20.7 Å². The van der Waals surface area contributed by atoms with Gasteiger partial charge in [-0.05, 0) is 32.3 Å². The highest BCUT2D eigenvalue weighted by molar-refractivity contribution is 7.22. The third kappa shape index (κ3) is 4.34. The number of nitrogens with zero attached hydrogens (tertiary/aromatic N) is 2. The second-order valence-corrected chi connectivity index (χ2v) is 5.62. The minimum absolute atomic E-state index is 0.686. The first kappa shape index (κ1) is 14.0. The molecular weight excluding hydrogens is 260 g/mol. The maximum Gasteiger partial charge on any atom is 0.183 e. The van der Waals surface area contributed by atoms with Crippen molar-refractivity contribution in [1.82, 2.24) is 9.88 Å². The van der Waals surface area contributed by atoms with Gasteiger partial charge in [0.15, 0.2) is 5.13 Å². The summed E-state index contributed by atoms with van der Waals surface area (Å²) in [6, 6.07) is 5.77. The Morgan fingerprint density at radius 2 is 2.21 bits per heavy atom. The number of rotatable bonds is 7. The summed E-state index contributed by atoms with van der Waals surface area (Å²) in [5, 5.41) is 4.18. The average molecular weight is 280 g/mol. The van der Waals surface area contributed by atoms with Crippen LogP contribution in [0.15, 0.2) is 18.2 Å². The third-order valence-corrected chi connectivity index (χ3v) is 3.59. The number of anilines is 2. The molecule has 0 aliphatic carbocycles. The van der Waals surface area contributed by atoms with Gasteiger partial charge in [0.2, 0.25) is 0 Å². The zero-order chi connectivity index (χ0) is 13.7. The smallest absolute Gasteiger partial charge is 0.183 e. The molecular formula is C13H20N4OS. The lowest BCUT2D eigenvalue weighted by Crippen LogP contribution is -2.19. The van der Waals surface area contributed by atoms with Crippen LogP contribution in [0.2, 0.25) is 0 Å². The van der Waals surface area contributed by atoms with Crippen LogP contribution in [0.3, 0.4) is 0 Å². The minimum Gasteiger partial charge on any atom is -0.399 e. The number of fused-ring (bicyclic) bond motifs is 1. The number of nitrogens with two attached hydrogens (primary N) is 1. The van der Waals surface area contributed by atoms with E-state index in [1.807, 2.05) is 32.3 Å². The lowest BCUT2D eigenvalue weighted by Gasteiger charge is -2.09. The molecule has 0 radical (unpaired) electrons. The Morgan fingerprint density at radius 1 is 1.37 bits per heavy atom. The highest BCUT2D eigenvalue weighted by Crippen LogP contribution is 2.27. The Balaban J connectivity index is 1.75. The number of hydrogen-bond donors (Lipinski definition) is 2. The highest BCUT2D eigenvalue weighted by Gasteiger charge is 2.03. The van der Waals surface area contributed by atoms with Crippen LogP contribution < -0.4 is 11.1 Å². The van der Waals surface area contributed by atoms with E-state index in [1.54, 1.807) is 11.3 Å². The van der Waals surface area contributed by atoms with Gasteiger partial charge >= 0.3 is 0 Å². The van der Waals surface area contributed by atoms with E-state index in [1.165, 1.54) is 0 Å². The average Bonchev–Trinajstić information content (AvgIpc) is 2.75. The summed E-state index contributed by atoms with van der Waals surface area (Å²) < 4.78 is 6.62. The van der Waals surface area contributed by atoms with Crippen LogP contribution in [0.1, 0.15) is 0 Å². The number of nitrogen functional groups attached to an aromatic ring is 1. The SMILES string of the molecule is CN(C)CCOCCNc1nc2ccc(N)cc2s1. The van der Waals surface area contributed by atoms with Gasteiger partial charge in [0.25, 0.3) is 0 Å². The van der Waals surface area contributed by atoms with Gasteiger partial charge in [0.05, 0.1) is 23.4 Å². The number of thiazole rings is 1. The van der Waals surface area contributed by atoms with E-state index in [0.717, 1.165) is 40.7 Å². The predicted molar refractivity (Wildman–Crippen MR) is 81.9 cm³/mol. The lowest BCUT2D eigenvalue weighted by atomic mass is 10.3. The van der Waals surface area contributed by atoms with Crippen molar-refractivity contribution in [3.05, 3.63) is 18.2 Å². The van der Waals surface area contributed by atoms with Crippen molar-refractivity contribution < 1.29 is 4.74 Å². The Labute approximate surface area is 117 Å². The molecule has 5 nitrogen and oxygen atoms in total. The minimum atomic E-state index is 0.686. The predicted octanol–water partition coefficient (Wildman–Crippen LogP) is 1.87. The number of hydrogen-bond acceptors (Lipinski definition) is 6. The van der Waals surface area contributed by atoms with Crippen LogP contribution in [0.4, 0.5) is 10.8 Å². The van der Waals surface area contributed by atoms with Crippen molar-refractivity contribution >= 4 is 32.4 Å². The van der Waals surface area contributed by atoms with E-state index < -0.39 is 0 Å². The zero-order valence-electron chi connectivity index (χ0n) is 11.3. The summed E-state index contributed by atoms with van der Waals surface area (Å²) >= 11 is 1.61. The van der Waals surface area contributed by atoms with Gasteiger partial charge in [-0.1, -0.05) is 11.3 Å². The number of aromatic nitrogens is 1. The summed E-state index contributed by atoms with van der Waals surface area (Å²) in [6.07, 6.45) is 0. The van der Waals surface area contributed by atoms with Crippen LogP contribution in [0, 0.1) is 0 Å². The number of benzene rings is 1. The monoisotopic (exact) mass is 280 g/mol. The Kier molecular flexibility index (Phi) is 4.95. The summed E-state index contributed by atoms with van der Waals surface area (Å²) in [5.74, 6) is 0. The molecule has 0 saturated heterocycles. The Bertz CT molecular complexity index is 526. The van der Waals surface area contributed by atoms with Crippen LogP contribution in [0.25, 0.3) is 10.2 Å². The van der Waals surface area contributed by atoms with E-state index in [4.69, 9.17) is 10.5 Å². The van der Waals surface area contributed by atoms with Gasteiger partial charge in [-0.3, -0.25) is 0 Å². The molecule has 6 heteroatoms. The van der Waals surface area contributed by atoms with Gasteiger partial charge in [0.1, 0.15) is 0 Å². The topological polar surface area (TPSA) is 63.4 Å². The summed E-state index contributed by atoms with van der Waals surface area (Å²) in [5.41, 5.74) is 7.50. The molecule has 0 aliphatic heterocycles. The van der Waals surface area contributed by atoms with Crippen LogP contribution in [-0.2, 0) is 4.74 Å². The molecule has 1 aromatic heterocycles. The van der Waals surface area contributed by atoms with Gasteiger partial charge in [-0.2, -0.15) is 0 Å². The van der Waals surface area contributed by atoms with Gasteiger partial charge in [0, 0.05) is 18.8 Å². The molecule has 3 N–H and O–H groups in total. The molecule has 1 heterocycles. The summed E-state index contributed by atoms with van der Waals surface area (Å²) in [4.78, 5) is 6.59. The molecule has 0 aliphatic rings. The van der Waals surface area contributed by atoms with Crippen molar-refractivity contribution in [2.24, 2.45) is 0 Å². The second-order valence-electron chi connectivity index (χ2n) is 4.59. The van der Waals surface area contributed by atoms with E-state index in [2.05, 4.69) is 15.2 Å². The number of likely N-dealkylation sites (N-methyl/N-ethyl adjacent to an activating group) is 1. The van der Waals surface area contributed by atoms with E-state index in [9.17, 15) is 0 Å². The quantitative estimate of drug-likeness (QED) is 0.599. The molecule has 2 aromatic rings. The first-order valence-corrected chi connectivity index (χ1v) is 7.09. The molecule has 1 aromatic carbocycles. The fourth-order valence-corrected chi connectivity index (χ4v) is 2.54. The molecule has 0 spiro atoms. The first-order chi connectivity index (χ1) is 9.15. The maximum absolute atomic E-state index is 5.75. The lowest BCUT2D eigenvalue weighted by molar-refractivity contribution is 0.126. The van der Waals surface area contributed by atoms with E-state index in [-0.39, 0.29) is 0 Å². The van der Waals surface area contributed by atoms with Crippen LogP contribution in [0.5, 0.6) is 0 Å². The van der Waals surface area contributed by atoms with Crippen molar-refractivity contribution in [2.75, 3.05) is 51.4 Å². The Morgan fingerprint density at radius 3 is 3.00 bits per heavy atom. The largest absolute Gasteiger partial charge is 0.399 e. The van der Waals surface area contributed by atoms with E-state index >= 15 is 0 Å². The van der Waals surface area contributed by atoms with Crippen molar-refractivity contribution in [3.8, 4) is 0 Å². The summed E-state index contributed by atoms with van der Waals surface area (Å²) in [7, 11) is 4.07. The van der Waals surface area contributed by atoms with E-state index in [0.29, 0.717) is 6.61 Å². The standard InChI is InChI=1S/C13H20N4OS/c1-17(2)6-8-18-7-5-15-13-16-11-4-3-10(14)9-12(11)19-13/h3-4,9H,5-8,14H2,1-2H3,(H,15,16). The first-order valence-electron chi connectivity index (χ1n) is 6.27. The Hall–Kier alpha value is -1.37. The van der Waals surface area contributed by atoms with Gasteiger partial charge in [-0.15, -0.1) is 0 Å². The van der Waals surface area contributed by atoms with Crippen LogP contribution >= 0.6 is 11.3 Å². The molecule has 0 fully saturated rings. The number of nitrogens with one attached hydrogen (secondary N) is 1. The van der Waals surface area contributed by atoms with Crippen molar-refractivity contribution in [2.45, 2.75) is 0 Å². The summed E-state index contributed by atoms with van der Waals surface area (Å²) in [6.45, 7) is 3.15. The fourth-order valence-electron chi connectivity index (χ4n) is 1.60. The van der Waals surface area contributed by atoms with Crippen LogP contribution in [-0.4, -0.2) is 50.3 Å². The molecule has 19 heavy (non-hydrogen) atoms. The third-order valence-electron chi connectivity index (χ3n) is 2.62. The van der Waals surface area contributed by atoms with Crippen molar-refractivity contribution in [1.29, 1.82) is 0 Å². The molecule has 0 amide bonds.